The van der Waals surface area contributed by atoms with Gasteiger partial charge in [-0.3, -0.25) is 0 Å². The maximum Gasteiger partial charge on any atom is 0.243 e. The first kappa shape index (κ1) is 17.2. The lowest BCUT2D eigenvalue weighted by Crippen LogP contribution is -2.40. The number of likely N-dealkylation sites (N-methyl/N-ethyl adjacent to an activating group) is 1. The van der Waals surface area contributed by atoms with Gasteiger partial charge >= 0.3 is 0 Å². The van der Waals surface area contributed by atoms with Gasteiger partial charge in [-0.2, -0.15) is 4.31 Å². The van der Waals surface area contributed by atoms with Crippen LogP contribution in [0, 0.1) is 0 Å². The molecule has 1 aliphatic rings. The van der Waals surface area contributed by atoms with Crippen molar-refractivity contribution < 1.29 is 17.9 Å². The molecule has 1 aliphatic heterocycles. The van der Waals surface area contributed by atoms with Gasteiger partial charge in [0.2, 0.25) is 10.0 Å². The fourth-order valence-corrected chi connectivity index (χ4v) is 4.34. The van der Waals surface area contributed by atoms with Crippen molar-refractivity contribution in [2.75, 3.05) is 40.5 Å². The van der Waals surface area contributed by atoms with Crippen molar-refractivity contribution in [1.82, 2.24) is 9.62 Å². The van der Waals surface area contributed by atoms with E-state index in [2.05, 4.69) is 5.32 Å². The smallest absolute Gasteiger partial charge is 0.243 e. The van der Waals surface area contributed by atoms with E-state index in [0.29, 0.717) is 36.9 Å². The summed E-state index contributed by atoms with van der Waals surface area (Å²) in [5.41, 5.74) is 0. The van der Waals surface area contributed by atoms with Gasteiger partial charge in [0, 0.05) is 26.2 Å². The second kappa shape index (κ2) is 7.92. The highest BCUT2D eigenvalue weighted by molar-refractivity contribution is 7.89. The third kappa shape index (κ3) is 3.98. The Kier molecular flexibility index (Phi) is 6.19. The van der Waals surface area contributed by atoms with Crippen LogP contribution in [0.15, 0.2) is 29.2 Å². The van der Waals surface area contributed by atoms with Gasteiger partial charge < -0.3 is 14.8 Å². The first-order chi connectivity index (χ1) is 10.6. The van der Waals surface area contributed by atoms with Gasteiger partial charge in [-0.05, 0) is 44.2 Å². The molecule has 1 fully saturated rings. The summed E-state index contributed by atoms with van der Waals surface area (Å²) in [7, 11) is 0.0114. The van der Waals surface area contributed by atoms with Crippen LogP contribution in [0.3, 0.4) is 0 Å². The van der Waals surface area contributed by atoms with E-state index in [-0.39, 0.29) is 6.04 Å². The number of methoxy groups -OCH3 is 1. The van der Waals surface area contributed by atoms with E-state index in [1.165, 1.54) is 0 Å². The molecule has 0 radical (unpaired) electrons. The van der Waals surface area contributed by atoms with Crippen LogP contribution < -0.4 is 10.1 Å². The average molecular weight is 328 g/mol. The van der Waals surface area contributed by atoms with Crippen molar-refractivity contribution in [1.29, 1.82) is 0 Å². The molecule has 0 bridgehead atoms. The van der Waals surface area contributed by atoms with E-state index in [1.54, 1.807) is 35.7 Å². The van der Waals surface area contributed by atoms with Crippen LogP contribution in [-0.4, -0.2) is 59.2 Å². The molecule has 22 heavy (non-hydrogen) atoms. The van der Waals surface area contributed by atoms with Gasteiger partial charge in [-0.15, -0.1) is 0 Å². The summed E-state index contributed by atoms with van der Waals surface area (Å²) in [4.78, 5) is 0.314. The van der Waals surface area contributed by atoms with Gasteiger partial charge in [-0.25, -0.2) is 8.42 Å². The predicted molar refractivity (Wildman–Crippen MR) is 84.7 cm³/mol. The number of hydrogen-bond donors (Lipinski definition) is 1. The van der Waals surface area contributed by atoms with E-state index < -0.39 is 10.0 Å². The Morgan fingerprint density at radius 1 is 1.27 bits per heavy atom. The minimum Gasteiger partial charge on any atom is -0.491 e. The highest BCUT2D eigenvalue weighted by Crippen LogP contribution is 2.26. The molecule has 0 amide bonds. The number of nitrogens with one attached hydrogen (secondary N) is 1. The summed E-state index contributed by atoms with van der Waals surface area (Å²) in [6, 6.07) is 6.61. The second-order valence-electron chi connectivity index (χ2n) is 5.28. The summed E-state index contributed by atoms with van der Waals surface area (Å²) < 4.78 is 37.4. The molecule has 1 unspecified atom stereocenters. The summed E-state index contributed by atoms with van der Waals surface area (Å²) in [6.07, 6.45) is 1.81. The Morgan fingerprint density at radius 3 is 2.64 bits per heavy atom. The molecule has 0 aliphatic carbocycles. The fraction of sp³-hybridized carbons (Fsp3) is 0.600. The monoisotopic (exact) mass is 328 g/mol. The Hall–Kier alpha value is -1.15. The van der Waals surface area contributed by atoms with Crippen molar-refractivity contribution in [2.24, 2.45) is 0 Å². The molecule has 0 spiro atoms. The molecule has 1 aromatic rings. The van der Waals surface area contributed by atoms with E-state index in [4.69, 9.17) is 9.47 Å². The molecule has 1 N–H and O–H groups in total. The standard InChI is InChI=1S/C15H24N2O4S/c1-16-12-13-4-3-9-17(13)22(18,19)15-7-5-14(6-8-15)21-11-10-20-2/h5-8,13,16H,3-4,9-12H2,1-2H3. The highest BCUT2D eigenvalue weighted by atomic mass is 32.2. The second-order valence-corrected chi connectivity index (χ2v) is 7.17. The molecular weight excluding hydrogens is 304 g/mol. The molecule has 6 nitrogen and oxygen atoms in total. The lowest BCUT2D eigenvalue weighted by atomic mass is 10.2. The minimum atomic E-state index is -3.44. The SMILES string of the molecule is CNCC1CCCN1S(=O)(=O)c1ccc(OCCOC)cc1. The molecule has 0 aromatic heterocycles. The van der Waals surface area contributed by atoms with E-state index >= 15 is 0 Å². The van der Waals surface area contributed by atoms with Gasteiger partial charge in [-0.1, -0.05) is 0 Å². The topological polar surface area (TPSA) is 67.9 Å². The molecule has 7 heteroatoms. The maximum atomic E-state index is 12.7. The quantitative estimate of drug-likeness (QED) is 0.724. The Labute approximate surface area is 132 Å². The number of ether oxygens (including phenoxy) is 2. The molecular formula is C15H24N2O4S. The molecule has 0 saturated carbocycles. The van der Waals surface area contributed by atoms with Crippen molar-refractivity contribution in [3.05, 3.63) is 24.3 Å². The van der Waals surface area contributed by atoms with Crippen LogP contribution in [0.25, 0.3) is 0 Å². The van der Waals surface area contributed by atoms with Crippen LogP contribution >= 0.6 is 0 Å². The number of nitrogens with zero attached hydrogens (tertiary/aromatic N) is 1. The van der Waals surface area contributed by atoms with Gasteiger partial charge in [0.1, 0.15) is 12.4 Å². The molecule has 1 saturated heterocycles. The lowest BCUT2D eigenvalue weighted by molar-refractivity contribution is 0.146. The zero-order valence-corrected chi connectivity index (χ0v) is 13.9. The van der Waals surface area contributed by atoms with Crippen LogP contribution in [0.1, 0.15) is 12.8 Å². The molecule has 124 valence electrons. The zero-order chi connectivity index (χ0) is 16.0. The zero-order valence-electron chi connectivity index (χ0n) is 13.1. The van der Waals surface area contributed by atoms with E-state index in [0.717, 1.165) is 12.8 Å². The summed E-state index contributed by atoms with van der Waals surface area (Å²) in [5.74, 6) is 0.643. The van der Waals surface area contributed by atoms with Gasteiger partial charge in [0.15, 0.2) is 0 Å². The Morgan fingerprint density at radius 2 is 2.00 bits per heavy atom. The normalized spacial score (nSPS) is 19.5. The van der Waals surface area contributed by atoms with Crippen molar-refractivity contribution in [2.45, 2.75) is 23.8 Å². The van der Waals surface area contributed by atoms with E-state index in [9.17, 15) is 8.42 Å². The average Bonchev–Trinajstić information content (AvgIpc) is 2.98. The lowest BCUT2D eigenvalue weighted by Gasteiger charge is -2.24. The maximum absolute atomic E-state index is 12.7. The number of rotatable bonds is 8. The van der Waals surface area contributed by atoms with Crippen molar-refractivity contribution in [3.63, 3.8) is 0 Å². The Balaban J connectivity index is 2.09. The fourth-order valence-electron chi connectivity index (χ4n) is 2.65. The van der Waals surface area contributed by atoms with Gasteiger partial charge in [0.25, 0.3) is 0 Å². The van der Waals surface area contributed by atoms with Gasteiger partial charge in [0.05, 0.1) is 11.5 Å². The third-order valence-electron chi connectivity index (χ3n) is 3.75. The van der Waals surface area contributed by atoms with Crippen LogP contribution in [0.2, 0.25) is 0 Å². The summed E-state index contributed by atoms with van der Waals surface area (Å²) >= 11 is 0. The molecule has 1 aromatic carbocycles. The number of sulfonamides is 1. The number of benzene rings is 1. The predicted octanol–water partition coefficient (Wildman–Crippen LogP) is 1.08. The summed E-state index contributed by atoms with van der Waals surface area (Å²) in [6.45, 7) is 2.21. The molecule has 2 rings (SSSR count). The minimum absolute atomic E-state index is 0.0348. The van der Waals surface area contributed by atoms with Crippen LogP contribution in [-0.2, 0) is 14.8 Å². The largest absolute Gasteiger partial charge is 0.491 e. The first-order valence-electron chi connectivity index (χ1n) is 7.48. The summed E-state index contributed by atoms with van der Waals surface area (Å²) in [5, 5.41) is 3.06. The van der Waals surface area contributed by atoms with Crippen LogP contribution in [0.5, 0.6) is 5.75 Å². The third-order valence-corrected chi connectivity index (χ3v) is 5.72. The molecule has 1 atom stereocenters. The van der Waals surface area contributed by atoms with E-state index in [1.807, 2.05) is 7.05 Å². The highest BCUT2D eigenvalue weighted by Gasteiger charge is 2.34. The Bertz CT molecular complexity index is 559. The first-order valence-corrected chi connectivity index (χ1v) is 8.92. The molecule has 1 heterocycles. The van der Waals surface area contributed by atoms with Crippen molar-refractivity contribution in [3.8, 4) is 5.75 Å². The number of hydrogen-bond acceptors (Lipinski definition) is 5. The van der Waals surface area contributed by atoms with Crippen LogP contribution in [0.4, 0.5) is 0 Å². The van der Waals surface area contributed by atoms with Crippen molar-refractivity contribution >= 4 is 10.0 Å².